The lowest BCUT2D eigenvalue weighted by atomic mass is 9.79. The van der Waals surface area contributed by atoms with Gasteiger partial charge in [-0.05, 0) is 36.3 Å². The van der Waals surface area contributed by atoms with Gasteiger partial charge in [0.2, 0.25) is 0 Å². The van der Waals surface area contributed by atoms with Crippen molar-refractivity contribution in [3.63, 3.8) is 0 Å². The molecule has 0 aromatic heterocycles. The molecule has 2 N–H and O–H groups in total. The van der Waals surface area contributed by atoms with Crippen LogP contribution in [0.4, 0.5) is 0 Å². The van der Waals surface area contributed by atoms with Crippen LogP contribution in [0.25, 0.3) is 0 Å². The Balaban J connectivity index is 2.78. The lowest BCUT2D eigenvalue weighted by Crippen LogP contribution is -2.46. The van der Waals surface area contributed by atoms with Crippen molar-refractivity contribution in [3.8, 4) is 0 Å². The van der Waals surface area contributed by atoms with Gasteiger partial charge in [0.1, 0.15) is 0 Å². The summed E-state index contributed by atoms with van der Waals surface area (Å²) >= 11 is 0. The SMILES string of the molecule is CCc1ccc(CC(N)(CC)C(C)C)cc1. The Hall–Kier alpha value is -0.820. The summed E-state index contributed by atoms with van der Waals surface area (Å²) in [4.78, 5) is 0. The van der Waals surface area contributed by atoms with Crippen LogP contribution in [0.1, 0.15) is 45.2 Å². The molecule has 0 saturated carbocycles. The molecule has 0 fully saturated rings. The van der Waals surface area contributed by atoms with Gasteiger partial charge in [-0.25, -0.2) is 0 Å². The van der Waals surface area contributed by atoms with Crippen molar-refractivity contribution in [1.82, 2.24) is 0 Å². The van der Waals surface area contributed by atoms with Crippen molar-refractivity contribution in [3.05, 3.63) is 35.4 Å². The molecule has 1 rings (SSSR count). The Labute approximate surface area is 100 Å². The van der Waals surface area contributed by atoms with E-state index in [1.165, 1.54) is 11.1 Å². The molecule has 0 bridgehead atoms. The molecule has 0 aliphatic heterocycles. The first-order valence-electron chi connectivity index (χ1n) is 6.38. The van der Waals surface area contributed by atoms with Crippen molar-refractivity contribution in [1.29, 1.82) is 0 Å². The van der Waals surface area contributed by atoms with Crippen LogP contribution in [-0.4, -0.2) is 5.54 Å². The maximum absolute atomic E-state index is 6.44. The standard InChI is InChI=1S/C15H25N/c1-5-13-7-9-14(10-8-13)11-15(16,6-2)12(3)4/h7-10,12H,5-6,11,16H2,1-4H3. The number of hydrogen-bond donors (Lipinski definition) is 1. The van der Waals surface area contributed by atoms with Crippen molar-refractivity contribution in [2.45, 2.75) is 52.5 Å². The van der Waals surface area contributed by atoms with Crippen LogP contribution >= 0.6 is 0 Å². The molecule has 1 aromatic carbocycles. The van der Waals surface area contributed by atoms with E-state index in [4.69, 9.17) is 5.73 Å². The molecule has 0 aliphatic carbocycles. The molecule has 1 nitrogen and oxygen atoms in total. The first-order chi connectivity index (χ1) is 7.51. The predicted molar refractivity (Wildman–Crippen MR) is 71.6 cm³/mol. The molecular weight excluding hydrogens is 194 g/mol. The van der Waals surface area contributed by atoms with E-state index in [2.05, 4.69) is 52.0 Å². The van der Waals surface area contributed by atoms with E-state index in [-0.39, 0.29) is 5.54 Å². The molecule has 1 aromatic rings. The van der Waals surface area contributed by atoms with Crippen LogP contribution in [0.15, 0.2) is 24.3 Å². The van der Waals surface area contributed by atoms with Gasteiger partial charge in [0, 0.05) is 5.54 Å². The highest BCUT2D eigenvalue weighted by molar-refractivity contribution is 5.24. The number of aryl methyl sites for hydroxylation is 1. The van der Waals surface area contributed by atoms with E-state index in [0.29, 0.717) is 5.92 Å². The maximum Gasteiger partial charge on any atom is 0.0215 e. The van der Waals surface area contributed by atoms with E-state index in [1.54, 1.807) is 0 Å². The van der Waals surface area contributed by atoms with Crippen molar-refractivity contribution in [2.75, 3.05) is 0 Å². The second-order valence-corrected chi connectivity index (χ2v) is 5.09. The van der Waals surface area contributed by atoms with Gasteiger partial charge in [-0.15, -0.1) is 0 Å². The van der Waals surface area contributed by atoms with Crippen molar-refractivity contribution in [2.24, 2.45) is 11.7 Å². The molecule has 0 spiro atoms. The Morgan fingerprint density at radius 3 is 1.94 bits per heavy atom. The number of nitrogens with two attached hydrogens (primary N) is 1. The van der Waals surface area contributed by atoms with Crippen molar-refractivity contribution >= 4 is 0 Å². The quantitative estimate of drug-likeness (QED) is 0.805. The van der Waals surface area contributed by atoms with Gasteiger partial charge in [0.05, 0.1) is 0 Å². The van der Waals surface area contributed by atoms with Gasteiger partial charge >= 0.3 is 0 Å². The van der Waals surface area contributed by atoms with Gasteiger partial charge in [0.15, 0.2) is 0 Å². The molecule has 0 heterocycles. The molecule has 0 saturated heterocycles. The smallest absolute Gasteiger partial charge is 0.0215 e. The average molecular weight is 219 g/mol. The third-order valence-electron chi connectivity index (χ3n) is 3.77. The zero-order valence-electron chi connectivity index (χ0n) is 11.1. The highest BCUT2D eigenvalue weighted by atomic mass is 14.7. The summed E-state index contributed by atoms with van der Waals surface area (Å²) in [6.07, 6.45) is 3.11. The molecule has 0 radical (unpaired) electrons. The minimum atomic E-state index is -0.0618. The predicted octanol–water partition coefficient (Wildman–Crippen LogP) is 3.56. The van der Waals surface area contributed by atoms with Gasteiger partial charge in [-0.2, -0.15) is 0 Å². The number of hydrogen-bond acceptors (Lipinski definition) is 1. The fraction of sp³-hybridized carbons (Fsp3) is 0.600. The first kappa shape index (κ1) is 13.2. The van der Waals surface area contributed by atoms with Crippen LogP contribution in [0.2, 0.25) is 0 Å². The van der Waals surface area contributed by atoms with E-state index in [0.717, 1.165) is 19.3 Å². The summed E-state index contributed by atoms with van der Waals surface area (Å²) in [5.74, 6) is 0.517. The van der Waals surface area contributed by atoms with Crippen LogP contribution in [0, 0.1) is 5.92 Å². The minimum absolute atomic E-state index is 0.0618. The van der Waals surface area contributed by atoms with E-state index in [9.17, 15) is 0 Å². The molecule has 1 heteroatoms. The summed E-state index contributed by atoms with van der Waals surface area (Å²) in [5, 5.41) is 0. The zero-order chi connectivity index (χ0) is 12.2. The lowest BCUT2D eigenvalue weighted by molar-refractivity contribution is 0.296. The topological polar surface area (TPSA) is 26.0 Å². The third kappa shape index (κ3) is 3.08. The van der Waals surface area contributed by atoms with Crippen LogP contribution < -0.4 is 5.73 Å². The molecule has 1 atom stereocenters. The van der Waals surface area contributed by atoms with Crippen LogP contribution in [0.3, 0.4) is 0 Å². The molecule has 1 unspecified atom stereocenters. The molecular formula is C15H25N. The van der Waals surface area contributed by atoms with E-state index < -0.39 is 0 Å². The highest BCUT2D eigenvalue weighted by Crippen LogP contribution is 2.23. The summed E-state index contributed by atoms with van der Waals surface area (Å²) in [6, 6.07) is 8.87. The fourth-order valence-electron chi connectivity index (χ4n) is 2.01. The molecule has 0 amide bonds. The lowest BCUT2D eigenvalue weighted by Gasteiger charge is -2.32. The van der Waals surface area contributed by atoms with Gasteiger partial charge in [0.25, 0.3) is 0 Å². The average Bonchev–Trinajstić information content (AvgIpc) is 2.29. The van der Waals surface area contributed by atoms with Gasteiger partial charge in [-0.3, -0.25) is 0 Å². The molecule has 16 heavy (non-hydrogen) atoms. The minimum Gasteiger partial charge on any atom is -0.325 e. The Morgan fingerprint density at radius 2 is 1.56 bits per heavy atom. The van der Waals surface area contributed by atoms with Crippen LogP contribution in [0.5, 0.6) is 0 Å². The summed E-state index contributed by atoms with van der Waals surface area (Å²) < 4.78 is 0. The van der Waals surface area contributed by atoms with Crippen LogP contribution in [-0.2, 0) is 12.8 Å². The largest absolute Gasteiger partial charge is 0.325 e. The Kier molecular flexibility index (Phi) is 4.55. The first-order valence-corrected chi connectivity index (χ1v) is 6.38. The van der Waals surface area contributed by atoms with Gasteiger partial charge < -0.3 is 5.73 Å². The second-order valence-electron chi connectivity index (χ2n) is 5.09. The Bertz CT molecular complexity index is 313. The monoisotopic (exact) mass is 219 g/mol. The normalized spacial score (nSPS) is 15.1. The summed E-state index contributed by atoms with van der Waals surface area (Å²) in [6.45, 7) is 8.79. The third-order valence-corrected chi connectivity index (χ3v) is 3.77. The Morgan fingerprint density at radius 1 is 1.06 bits per heavy atom. The highest BCUT2D eigenvalue weighted by Gasteiger charge is 2.26. The molecule has 90 valence electrons. The number of rotatable bonds is 5. The molecule has 0 aliphatic rings. The maximum atomic E-state index is 6.44. The zero-order valence-corrected chi connectivity index (χ0v) is 11.1. The van der Waals surface area contributed by atoms with Crippen molar-refractivity contribution < 1.29 is 0 Å². The fourth-order valence-corrected chi connectivity index (χ4v) is 2.01. The number of benzene rings is 1. The van der Waals surface area contributed by atoms with Gasteiger partial charge in [-0.1, -0.05) is 52.0 Å². The van der Waals surface area contributed by atoms with E-state index in [1.807, 2.05) is 0 Å². The summed E-state index contributed by atoms with van der Waals surface area (Å²) in [5.41, 5.74) is 9.13. The van der Waals surface area contributed by atoms with E-state index >= 15 is 0 Å². The summed E-state index contributed by atoms with van der Waals surface area (Å²) in [7, 11) is 0. The second kappa shape index (κ2) is 5.49.